The highest BCUT2D eigenvalue weighted by molar-refractivity contribution is 5.52. The van der Waals surface area contributed by atoms with Gasteiger partial charge in [-0.25, -0.2) is 0 Å². The summed E-state index contributed by atoms with van der Waals surface area (Å²) in [5.74, 6) is 0. The van der Waals surface area contributed by atoms with Gasteiger partial charge in [-0.3, -0.25) is 4.90 Å². The van der Waals surface area contributed by atoms with Crippen molar-refractivity contribution in [1.29, 1.82) is 0 Å². The highest BCUT2D eigenvalue weighted by atomic mass is 16.3. The average Bonchev–Trinajstić information content (AvgIpc) is 2.63. The summed E-state index contributed by atoms with van der Waals surface area (Å²) in [6.45, 7) is 3.71. The zero-order valence-corrected chi connectivity index (χ0v) is 15.3. The number of hydrogen-bond acceptors (Lipinski definition) is 4. The molecule has 2 N–H and O–H groups in total. The predicted molar refractivity (Wildman–Crippen MR) is 105 cm³/mol. The van der Waals surface area contributed by atoms with Crippen LogP contribution in [0.15, 0.2) is 48.5 Å². The van der Waals surface area contributed by atoms with E-state index in [0.717, 1.165) is 39.0 Å². The summed E-state index contributed by atoms with van der Waals surface area (Å²) in [5, 5.41) is 13.3. The van der Waals surface area contributed by atoms with Gasteiger partial charge in [0.1, 0.15) is 0 Å². The molecular weight excluding hydrogens is 310 g/mol. The van der Waals surface area contributed by atoms with Crippen LogP contribution in [0.25, 0.3) is 0 Å². The summed E-state index contributed by atoms with van der Waals surface area (Å²) in [6, 6.07) is 17.2. The lowest BCUT2D eigenvalue weighted by molar-refractivity contribution is 0.0793. The number of hydrogen-bond donors (Lipinski definition) is 2. The van der Waals surface area contributed by atoms with E-state index < -0.39 is 0 Å². The first-order chi connectivity index (χ1) is 12.1. The number of aliphatic hydroxyl groups excluding tert-OH is 1. The summed E-state index contributed by atoms with van der Waals surface area (Å²) in [5.41, 5.74) is 5.02. The quantitative estimate of drug-likeness (QED) is 0.847. The second kappa shape index (κ2) is 8.37. The molecule has 0 atom stereocenters. The van der Waals surface area contributed by atoms with Crippen molar-refractivity contribution >= 4 is 11.4 Å². The molecule has 1 aliphatic heterocycles. The highest BCUT2D eigenvalue weighted by Gasteiger charge is 2.17. The minimum absolute atomic E-state index is 0.116. The third kappa shape index (κ3) is 4.97. The molecule has 1 saturated heterocycles. The lowest BCUT2D eigenvalue weighted by atomic mass is 10.1. The largest absolute Gasteiger partial charge is 0.393 e. The number of rotatable bonds is 6. The Balaban J connectivity index is 1.60. The highest BCUT2D eigenvalue weighted by Crippen LogP contribution is 2.21. The molecule has 25 heavy (non-hydrogen) atoms. The summed E-state index contributed by atoms with van der Waals surface area (Å²) >= 11 is 0. The van der Waals surface area contributed by atoms with Crippen LogP contribution in [-0.4, -0.2) is 43.3 Å². The van der Waals surface area contributed by atoms with Crippen LogP contribution in [0, 0.1) is 0 Å². The Kier molecular flexibility index (Phi) is 5.95. The van der Waals surface area contributed by atoms with E-state index in [9.17, 15) is 5.11 Å². The van der Waals surface area contributed by atoms with Crippen molar-refractivity contribution in [2.45, 2.75) is 32.0 Å². The fraction of sp³-hybridized carbons (Fsp3) is 0.429. The fourth-order valence-electron chi connectivity index (χ4n) is 3.26. The molecule has 4 heteroatoms. The Morgan fingerprint density at radius 3 is 2.40 bits per heavy atom. The molecule has 4 nitrogen and oxygen atoms in total. The average molecular weight is 339 g/mol. The Morgan fingerprint density at radius 1 is 1.04 bits per heavy atom. The van der Waals surface area contributed by atoms with Crippen LogP contribution in [0.5, 0.6) is 0 Å². The first kappa shape index (κ1) is 17.8. The molecule has 0 aliphatic carbocycles. The van der Waals surface area contributed by atoms with Gasteiger partial charge in [0, 0.05) is 51.6 Å². The molecule has 1 fully saturated rings. The van der Waals surface area contributed by atoms with Crippen LogP contribution >= 0.6 is 0 Å². The van der Waals surface area contributed by atoms with Crippen LogP contribution in [0.3, 0.4) is 0 Å². The molecule has 2 aromatic carbocycles. The van der Waals surface area contributed by atoms with Gasteiger partial charge in [0.05, 0.1) is 6.10 Å². The summed E-state index contributed by atoms with van der Waals surface area (Å²) in [4.78, 5) is 4.54. The van der Waals surface area contributed by atoms with Crippen molar-refractivity contribution < 1.29 is 5.11 Å². The fourth-order valence-corrected chi connectivity index (χ4v) is 3.26. The lowest BCUT2D eigenvalue weighted by Crippen LogP contribution is -2.35. The second-order valence-corrected chi connectivity index (χ2v) is 7.08. The molecule has 0 amide bonds. The number of para-hydroxylation sites is 1. The predicted octanol–water partition coefficient (Wildman–Crippen LogP) is 3.32. The molecule has 134 valence electrons. The molecule has 0 spiro atoms. The second-order valence-electron chi connectivity index (χ2n) is 7.08. The van der Waals surface area contributed by atoms with Gasteiger partial charge in [-0.05, 0) is 42.2 Å². The number of aliphatic hydroxyl groups is 1. The Bertz CT molecular complexity index is 661. The number of nitrogens with one attached hydrogen (secondary N) is 1. The molecule has 3 rings (SSSR count). The first-order valence-corrected chi connectivity index (χ1v) is 9.10. The maximum atomic E-state index is 9.67. The molecular formula is C21H29N3O. The number of piperidine rings is 1. The molecule has 0 radical (unpaired) electrons. The van der Waals surface area contributed by atoms with Crippen molar-refractivity contribution in [3.05, 3.63) is 59.7 Å². The Morgan fingerprint density at radius 2 is 1.72 bits per heavy atom. The number of likely N-dealkylation sites (tertiary alicyclic amines) is 1. The van der Waals surface area contributed by atoms with Crippen LogP contribution < -0.4 is 10.2 Å². The van der Waals surface area contributed by atoms with Crippen molar-refractivity contribution in [2.75, 3.05) is 37.4 Å². The Labute approximate surface area is 151 Å². The van der Waals surface area contributed by atoms with Gasteiger partial charge in [-0.2, -0.15) is 0 Å². The summed E-state index contributed by atoms with van der Waals surface area (Å²) in [6.07, 6.45) is 1.65. The molecule has 0 unspecified atom stereocenters. The first-order valence-electron chi connectivity index (χ1n) is 9.10. The van der Waals surface area contributed by atoms with Crippen molar-refractivity contribution in [2.24, 2.45) is 0 Å². The van der Waals surface area contributed by atoms with E-state index in [4.69, 9.17) is 0 Å². The molecule has 1 heterocycles. The minimum Gasteiger partial charge on any atom is -0.393 e. The number of benzene rings is 2. The smallest absolute Gasteiger partial charge is 0.0564 e. The van der Waals surface area contributed by atoms with E-state index in [1.165, 1.54) is 22.5 Å². The molecule has 0 aromatic heterocycles. The maximum absolute atomic E-state index is 9.67. The van der Waals surface area contributed by atoms with Crippen LogP contribution in [-0.2, 0) is 13.1 Å². The van der Waals surface area contributed by atoms with E-state index in [1.807, 2.05) is 0 Å². The third-order valence-electron chi connectivity index (χ3n) is 4.90. The number of nitrogens with zero attached hydrogens (tertiary/aromatic N) is 2. The minimum atomic E-state index is -0.116. The van der Waals surface area contributed by atoms with Gasteiger partial charge in [-0.1, -0.05) is 30.3 Å². The summed E-state index contributed by atoms with van der Waals surface area (Å²) in [7, 11) is 4.12. The molecule has 0 saturated carbocycles. The van der Waals surface area contributed by atoms with E-state index in [-0.39, 0.29) is 6.10 Å². The van der Waals surface area contributed by atoms with E-state index in [1.54, 1.807) is 0 Å². The topological polar surface area (TPSA) is 38.7 Å². The van der Waals surface area contributed by atoms with Crippen LogP contribution in [0.1, 0.15) is 24.0 Å². The zero-order valence-electron chi connectivity index (χ0n) is 15.3. The van der Waals surface area contributed by atoms with Crippen molar-refractivity contribution in [1.82, 2.24) is 4.90 Å². The summed E-state index contributed by atoms with van der Waals surface area (Å²) < 4.78 is 0. The van der Waals surface area contributed by atoms with E-state index >= 15 is 0 Å². The Hall–Kier alpha value is -2.04. The normalized spacial score (nSPS) is 16.0. The van der Waals surface area contributed by atoms with Gasteiger partial charge in [0.15, 0.2) is 0 Å². The van der Waals surface area contributed by atoms with Gasteiger partial charge in [-0.15, -0.1) is 0 Å². The SMILES string of the molecule is CN(C)c1ccc(CNc2ccccc2CN2CCC(O)CC2)cc1. The van der Waals surface area contributed by atoms with Crippen molar-refractivity contribution in [3.8, 4) is 0 Å². The van der Waals surface area contributed by atoms with Crippen molar-refractivity contribution in [3.63, 3.8) is 0 Å². The van der Waals surface area contributed by atoms with Gasteiger partial charge in [0.25, 0.3) is 0 Å². The van der Waals surface area contributed by atoms with Gasteiger partial charge < -0.3 is 15.3 Å². The van der Waals surface area contributed by atoms with Gasteiger partial charge in [0.2, 0.25) is 0 Å². The number of anilines is 2. The molecule has 2 aromatic rings. The zero-order chi connectivity index (χ0) is 17.6. The van der Waals surface area contributed by atoms with Crippen LogP contribution in [0.2, 0.25) is 0 Å². The molecule has 1 aliphatic rings. The monoisotopic (exact) mass is 339 g/mol. The lowest BCUT2D eigenvalue weighted by Gasteiger charge is -2.30. The van der Waals surface area contributed by atoms with Crippen LogP contribution in [0.4, 0.5) is 11.4 Å². The molecule has 0 bridgehead atoms. The third-order valence-corrected chi connectivity index (χ3v) is 4.90. The van der Waals surface area contributed by atoms with E-state index in [2.05, 4.69) is 77.7 Å². The maximum Gasteiger partial charge on any atom is 0.0564 e. The van der Waals surface area contributed by atoms with E-state index in [0.29, 0.717) is 0 Å². The van der Waals surface area contributed by atoms with Gasteiger partial charge >= 0.3 is 0 Å². The standard InChI is InChI=1S/C21H29N3O/c1-23(2)19-9-7-17(8-10-19)15-22-21-6-4-3-5-18(21)16-24-13-11-20(25)12-14-24/h3-10,20,22,25H,11-16H2,1-2H3.